The molecule has 3 aliphatic carbocycles. The van der Waals surface area contributed by atoms with Gasteiger partial charge in [-0.05, 0) is 74.2 Å². The van der Waals surface area contributed by atoms with Gasteiger partial charge in [-0.3, -0.25) is 14.6 Å². The summed E-state index contributed by atoms with van der Waals surface area (Å²) in [7, 11) is 0. The van der Waals surface area contributed by atoms with Gasteiger partial charge in [-0.15, -0.1) is 0 Å². The highest BCUT2D eigenvalue weighted by atomic mass is 16.2. The molecule has 1 heterocycles. The second kappa shape index (κ2) is 8.26. The molecule has 170 valence electrons. The number of nitrogens with one attached hydrogen (secondary N) is 4. The van der Waals surface area contributed by atoms with Gasteiger partial charge in [0, 0.05) is 12.1 Å². The summed E-state index contributed by atoms with van der Waals surface area (Å²) in [6.07, 6.45) is 8.27. The Morgan fingerprint density at radius 2 is 1.75 bits per heavy atom. The summed E-state index contributed by atoms with van der Waals surface area (Å²) in [4.78, 5) is 42.5. The molecule has 3 aliphatic rings. The number of carbonyl (C=O) groups is 1. The van der Waals surface area contributed by atoms with Crippen LogP contribution in [0.15, 0.2) is 39.9 Å². The topological polar surface area (TPSA) is 107 Å². The van der Waals surface area contributed by atoms with Gasteiger partial charge < -0.3 is 15.6 Å². The summed E-state index contributed by atoms with van der Waals surface area (Å²) in [6, 6.07) is 10.7. The lowest BCUT2D eigenvalue weighted by Gasteiger charge is -2.30. The molecule has 5 rings (SSSR count). The average Bonchev–Trinajstić information content (AvgIpc) is 3.32. The number of rotatable bonds is 5. The zero-order valence-electron chi connectivity index (χ0n) is 18.6. The number of hydrogen-bond donors (Lipinski definition) is 4. The van der Waals surface area contributed by atoms with Crippen LogP contribution in [0, 0.1) is 11.3 Å². The van der Waals surface area contributed by atoms with E-state index in [1.54, 1.807) is 0 Å². The van der Waals surface area contributed by atoms with Crippen molar-refractivity contribution in [3.05, 3.63) is 62.4 Å². The van der Waals surface area contributed by atoms with Crippen molar-refractivity contribution < 1.29 is 4.79 Å². The van der Waals surface area contributed by atoms with Gasteiger partial charge >= 0.3 is 5.69 Å². The highest BCUT2D eigenvalue weighted by molar-refractivity contribution is 5.97. The summed E-state index contributed by atoms with van der Waals surface area (Å²) in [5, 5.41) is 6.40. The van der Waals surface area contributed by atoms with E-state index >= 15 is 0 Å². The van der Waals surface area contributed by atoms with Gasteiger partial charge in [-0.1, -0.05) is 37.3 Å². The van der Waals surface area contributed by atoms with Crippen LogP contribution >= 0.6 is 0 Å². The lowest BCUT2D eigenvalue weighted by Crippen LogP contribution is -2.41. The van der Waals surface area contributed by atoms with Gasteiger partial charge in [0.05, 0.1) is 0 Å². The zero-order chi connectivity index (χ0) is 22.3. The van der Waals surface area contributed by atoms with E-state index in [0.29, 0.717) is 17.3 Å². The first-order valence-corrected chi connectivity index (χ1v) is 11.9. The van der Waals surface area contributed by atoms with E-state index in [-0.39, 0.29) is 29.4 Å². The summed E-state index contributed by atoms with van der Waals surface area (Å²) in [5.74, 6) is 0.642. The molecule has 32 heavy (non-hydrogen) atoms. The van der Waals surface area contributed by atoms with Crippen LogP contribution in [-0.2, 0) is 0 Å². The summed E-state index contributed by atoms with van der Waals surface area (Å²) in [6.45, 7) is 2.30. The molecule has 1 aromatic heterocycles. The summed E-state index contributed by atoms with van der Waals surface area (Å²) < 4.78 is 0. The molecule has 0 aliphatic heterocycles. The Labute approximate surface area is 187 Å². The first-order chi connectivity index (χ1) is 15.4. The Hall–Kier alpha value is -2.83. The lowest BCUT2D eigenvalue weighted by atomic mass is 9.82. The monoisotopic (exact) mass is 436 g/mol. The Balaban J connectivity index is 1.28. The van der Waals surface area contributed by atoms with Crippen molar-refractivity contribution in [1.29, 1.82) is 0 Å². The van der Waals surface area contributed by atoms with Crippen LogP contribution in [0.25, 0.3) is 0 Å². The van der Waals surface area contributed by atoms with Crippen LogP contribution in [0.1, 0.15) is 80.3 Å². The average molecular weight is 437 g/mol. The maximum atomic E-state index is 13.1. The van der Waals surface area contributed by atoms with Crippen molar-refractivity contribution in [3.8, 4) is 0 Å². The Bertz CT molecular complexity index is 1100. The molecule has 3 atom stereocenters. The third kappa shape index (κ3) is 4.12. The largest absolute Gasteiger partial charge is 0.376 e. The highest BCUT2D eigenvalue weighted by Crippen LogP contribution is 2.54. The van der Waals surface area contributed by atoms with Gasteiger partial charge in [-0.2, -0.15) is 0 Å². The number of fused-ring (bicyclic) bond motifs is 2. The predicted molar refractivity (Wildman–Crippen MR) is 124 cm³/mol. The van der Waals surface area contributed by atoms with Crippen molar-refractivity contribution >= 4 is 11.6 Å². The van der Waals surface area contributed by atoms with Crippen LogP contribution in [0.5, 0.6) is 0 Å². The number of carbonyl (C=O) groups excluding carboxylic acids is 1. The quantitative estimate of drug-likeness (QED) is 0.575. The van der Waals surface area contributed by atoms with Gasteiger partial charge in [0.2, 0.25) is 0 Å². The molecule has 7 heteroatoms. The van der Waals surface area contributed by atoms with Crippen molar-refractivity contribution in [2.45, 2.75) is 76.3 Å². The molecule has 3 saturated carbocycles. The van der Waals surface area contributed by atoms with E-state index in [4.69, 9.17) is 0 Å². The fourth-order valence-corrected chi connectivity index (χ4v) is 6.30. The fraction of sp³-hybridized carbons (Fsp3) is 0.560. The van der Waals surface area contributed by atoms with E-state index in [1.165, 1.54) is 12.0 Å². The smallest absolute Gasteiger partial charge is 0.326 e. The molecule has 0 spiro atoms. The van der Waals surface area contributed by atoms with Crippen LogP contribution < -0.4 is 21.9 Å². The molecule has 0 saturated heterocycles. The number of benzene rings is 1. The van der Waals surface area contributed by atoms with E-state index < -0.39 is 11.2 Å². The number of amides is 1. The SMILES string of the molecule is C[C@]12CC[C@H](C1)[C@H](Nc1c(C(=O)N[C@H]3CC[C@@H](c4ccccc4)CC3)[nH]c(=O)[nH]c1=O)C2. The van der Waals surface area contributed by atoms with E-state index in [2.05, 4.69) is 51.8 Å². The molecular formula is C25H32N4O3. The molecule has 3 fully saturated rings. The molecule has 1 aromatic carbocycles. The first-order valence-electron chi connectivity index (χ1n) is 11.9. The Kier molecular flexibility index (Phi) is 5.43. The minimum atomic E-state index is -0.654. The van der Waals surface area contributed by atoms with Crippen LogP contribution in [0.2, 0.25) is 0 Å². The second-order valence-electron chi connectivity index (χ2n) is 10.4. The Morgan fingerprint density at radius 3 is 2.41 bits per heavy atom. The van der Waals surface area contributed by atoms with Crippen LogP contribution in [-0.4, -0.2) is 28.0 Å². The summed E-state index contributed by atoms with van der Waals surface area (Å²) in [5.41, 5.74) is 0.732. The van der Waals surface area contributed by atoms with Gasteiger partial charge in [0.15, 0.2) is 0 Å². The molecule has 0 unspecified atom stereocenters. The van der Waals surface area contributed by atoms with Gasteiger partial charge in [-0.25, -0.2) is 4.79 Å². The van der Waals surface area contributed by atoms with Crippen LogP contribution in [0.4, 0.5) is 5.69 Å². The summed E-state index contributed by atoms with van der Waals surface area (Å²) >= 11 is 0. The van der Waals surface area contributed by atoms with Crippen molar-refractivity contribution in [1.82, 2.24) is 15.3 Å². The van der Waals surface area contributed by atoms with Crippen LogP contribution in [0.3, 0.4) is 0 Å². The standard InChI is InChI=1S/C25H32N4O3/c1-25-12-11-17(13-25)19(14-25)27-20-21(28-24(32)29-23(20)31)22(30)26-18-9-7-16(8-10-18)15-5-3-2-4-6-15/h2-6,16-19,27H,7-14H2,1H3,(H,26,30)(H2,28,29,31,32)/t16-,17-,18+,19-,25+/m1/s1. The predicted octanol–water partition coefficient (Wildman–Crippen LogP) is 3.51. The number of hydrogen-bond acceptors (Lipinski definition) is 4. The Morgan fingerprint density at radius 1 is 1.00 bits per heavy atom. The number of aromatic amines is 2. The fourth-order valence-electron chi connectivity index (χ4n) is 6.30. The molecule has 4 N–H and O–H groups in total. The normalized spacial score (nSPS) is 31.4. The van der Waals surface area contributed by atoms with E-state index in [1.807, 2.05) is 6.07 Å². The third-order valence-electron chi connectivity index (χ3n) is 7.99. The molecular weight excluding hydrogens is 404 g/mol. The highest BCUT2D eigenvalue weighted by Gasteiger charge is 2.47. The molecule has 2 bridgehead atoms. The minimum absolute atomic E-state index is 0.0412. The number of aromatic nitrogens is 2. The van der Waals surface area contributed by atoms with E-state index in [0.717, 1.165) is 44.9 Å². The van der Waals surface area contributed by atoms with Gasteiger partial charge in [0.25, 0.3) is 11.5 Å². The maximum absolute atomic E-state index is 13.1. The third-order valence-corrected chi connectivity index (χ3v) is 7.99. The van der Waals surface area contributed by atoms with Gasteiger partial charge in [0.1, 0.15) is 11.4 Å². The molecule has 0 radical (unpaired) electrons. The minimum Gasteiger partial charge on any atom is -0.376 e. The van der Waals surface area contributed by atoms with E-state index in [9.17, 15) is 14.4 Å². The number of anilines is 1. The van der Waals surface area contributed by atoms with Crippen molar-refractivity contribution in [2.24, 2.45) is 11.3 Å². The first kappa shape index (κ1) is 21.0. The lowest BCUT2D eigenvalue weighted by molar-refractivity contribution is 0.0921. The molecule has 7 nitrogen and oxygen atoms in total. The molecule has 2 aromatic rings. The maximum Gasteiger partial charge on any atom is 0.326 e. The zero-order valence-corrected chi connectivity index (χ0v) is 18.6. The van der Waals surface area contributed by atoms with Crippen molar-refractivity contribution in [3.63, 3.8) is 0 Å². The van der Waals surface area contributed by atoms with Crippen molar-refractivity contribution in [2.75, 3.05) is 5.32 Å². The second-order valence-corrected chi connectivity index (χ2v) is 10.4. The molecule has 1 amide bonds. The number of H-pyrrole nitrogens is 2.